The average molecular weight is 455 g/mol. The largest absolute Gasteiger partial charge is 0.340 e. The average Bonchev–Trinajstić information content (AvgIpc) is 3.57. The van der Waals surface area contributed by atoms with Gasteiger partial charge in [0, 0.05) is 38.0 Å². The Labute approximate surface area is 196 Å². The highest BCUT2D eigenvalue weighted by Crippen LogP contribution is 2.33. The van der Waals surface area contributed by atoms with Gasteiger partial charge in [-0.25, -0.2) is 4.98 Å². The van der Waals surface area contributed by atoms with Gasteiger partial charge in [-0.3, -0.25) is 10.2 Å². The molecule has 33 heavy (non-hydrogen) atoms. The van der Waals surface area contributed by atoms with Gasteiger partial charge >= 0.3 is 0 Å². The zero-order valence-corrected chi connectivity index (χ0v) is 19.8. The number of imidazole rings is 1. The minimum atomic E-state index is 0.672. The van der Waals surface area contributed by atoms with Crippen LogP contribution in [0.4, 0.5) is 0 Å². The lowest BCUT2D eigenvalue weighted by molar-refractivity contribution is 1.05. The maximum absolute atomic E-state index is 4.89. The van der Waals surface area contributed by atoms with Gasteiger partial charge < -0.3 is 4.98 Å². The van der Waals surface area contributed by atoms with Crippen molar-refractivity contribution >= 4 is 40.7 Å². The molecule has 0 aliphatic rings. The first-order valence-electron chi connectivity index (χ1n) is 10.5. The predicted octanol–water partition coefficient (Wildman–Crippen LogP) is 4.84. The molecule has 0 spiro atoms. The highest BCUT2D eigenvalue weighted by atomic mass is 32.1. The molecule has 0 atom stereocenters. The first-order valence-corrected chi connectivity index (χ1v) is 11.3. The van der Waals surface area contributed by atoms with Gasteiger partial charge in [0.15, 0.2) is 5.82 Å². The van der Waals surface area contributed by atoms with E-state index >= 15 is 0 Å². The molecule has 166 valence electrons. The Bertz CT molecular complexity index is 1490. The Morgan fingerprint density at radius 2 is 1.94 bits per heavy atom. The van der Waals surface area contributed by atoms with Gasteiger partial charge in [0.05, 0.1) is 17.2 Å². The summed E-state index contributed by atoms with van der Waals surface area (Å²) in [6.45, 7) is 18.2. The Morgan fingerprint density at radius 3 is 2.61 bits per heavy atom. The lowest BCUT2D eigenvalue weighted by Gasteiger charge is -2.02. The second kappa shape index (κ2) is 9.26. The Balaban J connectivity index is 1.71. The van der Waals surface area contributed by atoms with E-state index < -0.39 is 0 Å². The highest BCUT2D eigenvalue weighted by molar-refractivity contribution is 7.14. The lowest BCUT2D eigenvalue weighted by Crippen LogP contribution is -2.21. The van der Waals surface area contributed by atoms with Crippen LogP contribution >= 0.6 is 11.3 Å². The van der Waals surface area contributed by atoms with E-state index in [2.05, 4.69) is 57.2 Å². The number of nitrogens with zero attached hydrogens (tertiary/aromatic N) is 3. The minimum Gasteiger partial charge on any atom is -0.340 e. The van der Waals surface area contributed by atoms with E-state index in [1.165, 1.54) is 0 Å². The second-order valence-electron chi connectivity index (χ2n) is 7.79. The Kier molecular flexibility index (Phi) is 6.24. The monoisotopic (exact) mass is 454 g/mol. The summed E-state index contributed by atoms with van der Waals surface area (Å²) in [5.41, 5.74) is 6.68. The maximum Gasteiger partial charge on any atom is 0.159 e. The normalized spacial score (nSPS) is 13.0. The minimum absolute atomic E-state index is 0.672. The topological polar surface area (TPSA) is 86.0 Å². The summed E-state index contributed by atoms with van der Waals surface area (Å²) in [4.78, 5) is 10.5. The van der Waals surface area contributed by atoms with Gasteiger partial charge in [0.1, 0.15) is 5.69 Å². The maximum atomic E-state index is 4.89. The molecular formula is C26H26N6S. The molecule has 0 aliphatic carbocycles. The van der Waals surface area contributed by atoms with Gasteiger partial charge in [-0.05, 0) is 50.1 Å². The molecule has 4 aromatic heterocycles. The molecule has 6 nitrogen and oxygen atoms in total. The SMILES string of the molecule is C=C/C=C(/c1ccc(C(=C)C)s1)c1nc(-c2n[nH]/c(=C/C=C(\C)c3cn[nH]c3)c2=C)[nH]c1C. The summed E-state index contributed by atoms with van der Waals surface area (Å²) in [7, 11) is 0. The standard InChI is InChI=1S/C26H26N6S/c1-7-8-20(23-12-11-22(33-23)15(2)3)25-18(6)29-26(30-25)24-17(5)21(31-32-24)10-9-16(4)19-13-27-28-14-19/h7-14,31H,1-2,5H2,3-4,6H3,(H,27,28)(H,29,30)/b16-9+,20-8-,21-10+. The molecule has 0 saturated heterocycles. The number of thiophene rings is 1. The van der Waals surface area contributed by atoms with Gasteiger partial charge in [-0.15, -0.1) is 11.3 Å². The Morgan fingerprint density at radius 1 is 1.15 bits per heavy atom. The molecule has 0 unspecified atom stereocenters. The van der Waals surface area contributed by atoms with Crippen molar-refractivity contribution in [3.63, 3.8) is 0 Å². The fourth-order valence-corrected chi connectivity index (χ4v) is 4.38. The summed E-state index contributed by atoms with van der Waals surface area (Å²) in [5, 5.41) is 16.0. The number of aryl methyl sites for hydroxylation is 1. The van der Waals surface area contributed by atoms with Crippen LogP contribution in [0.1, 0.15) is 40.6 Å². The number of aromatic nitrogens is 6. The molecule has 4 heterocycles. The van der Waals surface area contributed by atoms with Crippen LogP contribution in [0.2, 0.25) is 0 Å². The van der Waals surface area contributed by atoms with E-state index in [0.717, 1.165) is 54.0 Å². The molecule has 0 fully saturated rings. The van der Waals surface area contributed by atoms with Crippen molar-refractivity contribution in [1.82, 2.24) is 30.4 Å². The number of allylic oxidation sites excluding steroid dienone is 5. The Hall–Kier alpha value is -3.97. The summed E-state index contributed by atoms with van der Waals surface area (Å²) >= 11 is 1.69. The quantitative estimate of drug-likeness (QED) is 0.349. The molecule has 0 bridgehead atoms. The molecule has 4 rings (SSSR count). The van der Waals surface area contributed by atoms with Crippen molar-refractivity contribution in [2.75, 3.05) is 0 Å². The summed E-state index contributed by atoms with van der Waals surface area (Å²) in [5.74, 6) is 0.672. The van der Waals surface area contributed by atoms with Crippen molar-refractivity contribution < 1.29 is 0 Å². The van der Waals surface area contributed by atoms with Gasteiger partial charge in [-0.2, -0.15) is 10.2 Å². The van der Waals surface area contributed by atoms with Crippen LogP contribution in [0.3, 0.4) is 0 Å². The molecule has 4 aromatic rings. The summed E-state index contributed by atoms with van der Waals surface area (Å²) < 4.78 is 0. The fourth-order valence-electron chi connectivity index (χ4n) is 3.43. The number of H-pyrrole nitrogens is 3. The van der Waals surface area contributed by atoms with E-state index in [1.807, 2.05) is 45.2 Å². The van der Waals surface area contributed by atoms with Crippen LogP contribution in [0.15, 0.2) is 55.9 Å². The third-order valence-electron chi connectivity index (χ3n) is 5.29. The first-order chi connectivity index (χ1) is 15.9. The van der Waals surface area contributed by atoms with E-state index in [9.17, 15) is 0 Å². The second-order valence-corrected chi connectivity index (χ2v) is 8.87. The van der Waals surface area contributed by atoms with Crippen molar-refractivity contribution in [3.8, 4) is 11.5 Å². The van der Waals surface area contributed by atoms with Crippen LogP contribution in [0.5, 0.6) is 0 Å². The molecule has 0 aliphatic heterocycles. The van der Waals surface area contributed by atoms with E-state index in [-0.39, 0.29) is 0 Å². The van der Waals surface area contributed by atoms with Crippen LogP contribution in [0, 0.1) is 6.92 Å². The molecule has 0 saturated carbocycles. The van der Waals surface area contributed by atoms with Crippen LogP contribution < -0.4 is 10.6 Å². The van der Waals surface area contributed by atoms with Crippen molar-refractivity contribution in [3.05, 3.63) is 93.2 Å². The number of aromatic amines is 3. The van der Waals surface area contributed by atoms with E-state index in [0.29, 0.717) is 11.5 Å². The van der Waals surface area contributed by atoms with Gasteiger partial charge in [0.25, 0.3) is 0 Å². The molecule has 0 radical (unpaired) electrons. The predicted molar refractivity (Wildman–Crippen MR) is 139 cm³/mol. The van der Waals surface area contributed by atoms with Crippen molar-refractivity contribution in [2.45, 2.75) is 20.8 Å². The number of rotatable bonds is 7. The van der Waals surface area contributed by atoms with E-state index in [1.54, 1.807) is 23.6 Å². The van der Waals surface area contributed by atoms with Gasteiger partial charge in [0.2, 0.25) is 0 Å². The van der Waals surface area contributed by atoms with Crippen molar-refractivity contribution in [2.24, 2.45) is 0 Å². The molecule has 3 N–H and O–H groups in total. The molecule has 7 heteroatoms. The molecule has 0 aromatic carbocycles. The third kappa shape index (κ3) is 4.49. The number of nitrogens with one attached hydrogen (secondary N) is 3. The highest BCUT2D eigenvalue weighted by Gasteiger charge is 2.17. The fraction of sp³-hybridized carbons (Fsp3) is 0.115. The zero-order valence-electron chi connectivity index (χ0n) is 19.0. The van der Waals surface area contributed by atoms with Crippen LogP contribution in [-0.4, -0.2) is 30.4 Å². The van der Waals surface area contributed by atoms with Gasteiger partial charge in [-0.1, -0.05) is 38.0 Å². The lowest BCUT2D eigenvalue weighted by atomic mass is 10.1. The first kappa shape index (κ1) is 22.2. The molecular weight excluding hydrogens is 428 g/mol. The zero-order chi connectivity index (χ0) is 23.5. The summed E-state index contributed by atoms with van der Waals surface area (Å²) in [6.07, 6.45) is 11.4. The van der Waals surface area contributed by atoms with Crippen molar-refractivity contribution in [1.29, 1.82) is 0 Å². The molecule has 0 amide bonds. The van der Waals surface area contributed by atoms with E-state index in [4.69, 9.17) is 4.98 Å². The van der Waals surface area contributed by atoms with Crippen LogP contribution in [-0.2, 0) is 0 Å². The summed E-state index contributed by atoms with van der Waals surface area (Å²) in [6, 6.07) is 4.19. The number of hydrogen-bond donors (Lipinski definition) is 3. The number of hydrogen-bond acceptors (Lipinski definition) is 4. The third-order valence-corrected chi connectivity index (χ3v) is 6.57. The van der Waals surface area contributed by atoms with Crippen LogP contribution in [0.25, 0.3) is 40.9 Å². The smallest absolute Gasteiger partial charge is 0.159 e.